The molecule has 0 aliphatic carbocycles. The van der Waals surface area contributed by atoms with Crippen LogP contribution in [0.5, 0.6) is 0 Å². The van der Waals surface area contributed by atoms with Crippen molar-refractivity contribution in [2.24, 2.45) is 0 Å². The molecule has 0 spiro atoms. The number of hydrogen-bond donors (Lipinski definition) is 0. The molecule has 0 aliphatic rings. The number of para-hydroxylation sites is 2. The van der Waals surface area contributed by atoms with Crippen molar-refractivity contribution < 1.29 is 8.83 Å². The van der Waals surface area contributed by atoms with E-state index in [2.05, 4.69) is 157 Å². The van der Waals surface area contributed by atoms with E-state index in [1.807, 2.05) is 55.5 Å². The molecular weight excluding hydrogens is 785 g/mol. The maximum Gasteiger partial charge on any atom is 0.164 e. The highest BCUT2D eigenvalue weighted by atomic mass is 16.3. The van der Waals surface area contributed by atoms with Gasteiger partial charge in [-0.25, -0.2) is 15.0 Å². The predicted molar refractivity (Wildman–Crippen MR) is 263 cm³/mol. The third-order valence-corrected chi connectivity index (χ3v) is 12.2. The minimum Gasteiger partial charge on any atom is -0.456 e. The third-order valence-electron chi connectivity index (χ3n) is 12.2. The summed E-state index contributed by atoms with van der Waals surface area (Å²) in [6.07, 6.45) is 5.96. The van der Waals surface area contributed by atoms with Crippen LogP contribution in [0.25, 0.3) is 129 Å². The van der Waals surface area contributed by atoms with Gasteiger partial charge in [0, 0.05) is 54.7 Å². The molecular formula is C58H38N4O2. The van der Waals surface area contributed by atoms with Crippen molar-refractivity contribution >= 4 is 66.9 Å². The Morgan fingerprint density at radius 3 is 1.81 bits per heavy atom. The van der Waals surface area contributed by atoms with E-state index in [0.717, 1.165) is 99.9 Å². The molecule has 0 unspecified atom stereocenters. The minimum atomic E-state index is 0.557. The van der Waals surface area contributed by atoms with Crippen LogP contribution in [0.4, 0.5) is 0 Å². The van der Waals surface area contributed by atoms with Crippen LogP contribution in [0.3, 0.4) is 0 Å². The Balaban J connectivity index is 1.12. The zero-order valence-corrected chi connectivity index (χ0v) is 34.9. The van der Waals surface area contributed by atoms with E-state index in [-0.39, 0.29) is 0 Å². The molecule has 0 amide bonds. The average molecular weight is 823 g/mol. The molecule has 0 radical (unpaired) electrons. The highest BCUT2D eigenvalue weighted by Gasteiger charge is 2.24. The normalized spacial score (nSPS) is 11.8. The van der Waals surface area contributed by atoms with E-state index < -0.39 is 0 Å². The second-order valence-electron chi connectivity index (χ2n) is 15.9. The van der Waals surface area contributed by atoms with Gasteiger partial charge in [-0.3, -0.25) is 0 Å². The van der Waals surface area contributed by atoms with E-state index in [0.29, 0.717) is 17.5 Å². The number of hydrogen-bond acceptors (Lipinski definition) is 5. The third kappa shape index (κ3) is 5.99. The van der Waals surface area contributed by atoms with Gasteiger partial charge in [0.2, 0.25) is 0 Å². The molecule has 0 saturated heterocycles. The lowest BCUT2D eigenvalue weighted by Gasteiger charge is -2.16. The second-order valence-corrected chi connectivity index (χ2v) is 15.9. The number of allylic oxidation sites excluding steroid dienone is 1. The molecule has 4 heterocycles. The Kier molecular flexibility index (Phi) is 8.76. The highest BCUT2D eigenvalue weighted by molar-refractivity contribution is 6.16. The Labute approximate surface area is 368 Å². The molecule has 0 atom stereocenters. The van der Waals surface area contributed by atoms with Gasteiger partial charge < -0.3 is 13.4 Å². The van der Waals surface area contributed by atoms with Crippen LogP contribution in [0.1, 0.15) is 18.2 Å². The number of aromatic nitrogens is 4. The van der Waals surface area contributed by atoms with Gasteiger partial charge in [0.1, 0.15) is 22.5 Å². The zero-order chi connectivity index (χ0) is 42.7. The summed E-state index contributed by atoms with van der Waals surface area (Å²) in [5.41, 5.74) is 13.4. The smallest absolute Gasteiger partial charge is 0.164 e. The molecule has 0 N–H and O–H groups in total. The quantitative estimate of drug-likeness (QED) is 0.153. The van der Waals surface area contributed by atoms with E-state index in [4.69, 9.17) is 23.8 Å². The summed E-state index contributed by atoms with van der Waals surface area (Å²) in [7, 11) is 0. The van der Waals surface area contributed by atoms with Crippen molar-refractivity contribution in [2.45, 2.75) is 6.92 Å². The maximum absolute atomic E-state index is 6.67. The molecule has 0 bridgehead atoms. The Hall–Kier alpha value is -8.61. The fourth-order valence-corrected chi connectivity index (χ4v) is 9.34. The van der Waals surface area contributed by atoms with Gasteiger partial charge in [-0.1, -0.05) is 152 Å². The van der Waals surface area contributed by atoms with Crippen LogP contribution in [0.2, 0.25) is 0 Å². The fourth-order valence-electron chi connectivity index (χ4n) is 9.34. The van der Waals surface area contributed by atoms with E-state index in [1.165, 1.54) is 10.8 Å². The lowest BCUT2D eigenvalue weighted by Crippen LogP contribution is -2.00. The van der Waals surface area contributed by atoms with Gasteiger partial charge >= 0.3 is 0 Å². The number of furan rings is 2. The standard InChI is InChI=1S/C58H38N4O2/c1-3-17-43-49(4-2)63-52-33-31-48(62-46-27-13-11-24-41(46)42-25-12-14-28-47(42)62)53(55(43)52)39-30-32-50-45(35-39)54-44(26-16-29-51(54)64-50)58-60-56(37-20-9-6-10-21-37)59-57(61-58)40-23-15-22-38(34-40)36-18-7-5-8-19-36/h3-35H,2H2,1H3/b17-3-. The Bertz CT molecular complexity index is 3760. The topological polar surface area (TPSA) is 69.9 Å². The van der Waals surface area contributed by atoms with Crippen LogP contribution in [-0.2, 0) is 0 Å². The molecule has 64 heavy (non-hydrogen) atoms. The molecule has 6 nitrogen and oxygen atoms in total. The molecule has 302 valence electrons. The first kappa shape index (κ1) is 37.2. The first-order valence-corrected chi connectivity index (χ1v) is 21.4. The van der Waals surface area contributed by atoms with Crippen molar-refractivity contribution in [3.05, 3.63) is 206 Å². The van der Waals surface area contributed by atoms with Crippen LogP contribution in [0.15, 0.2) is 203 Å². The van der Waals surface area contributed by atoms with Crippen LogP contribution >= 0.6 is 0 Å². The summed E-state index contributed by atoms with van der Waals surface area (Å²) in [4.78, 5) is 15.5. The summed E-state index contributed by atoms with van der Waals surface area (Å²) in [6.45, 7) is 6.17. The number of nitrogens with zero attached hydrogens (tertiary/aromatic N) is 4. The molecule has 6 heteroatoms. The number of benzene rings is 8. The van der Waals surface area contributed by atoms with Gasteiger partial charge in [0.25, 0.3) is 0 Å². The molecule has 0 saturated carbocycles. The van der Waals surface area contributed by atoms with Crippen LogP contribution in [0, 0.1) is 0 Å². The van der Waals surface area contributed by atoms with Crippen molar-refractivity contribution in [3.63, 3.8) is 0 Å². The lowest BCUT2D eigenvalue weighted by atomic mass is 9.94. The summed E-state index contributed by atoms with van der Waals surface area (Å²) >= 11 is 0. The monoisotopic (exact) mass is 822 g/mol. The van der Waals surface area contributed by atoms with Gasteiger partial charge in [-0.2, -0.15) is 0 Å². The molecule has 0 aliphatic heterocycles. The van der Waals surface area contributed by atoms with Gasteiger partial charge in [0.15, 0.2) is 17.5 Å². The van der Waals surface area contributed by atoms with Crippen molar-refractivity contribution in [1.29, 1.82) is 0 Å². The largest absolute Gasteiger partial charge is 0.456 e. The predicted octanol–water partition coefficient (Wildman–Crippen LogP) is 15.6. The minimum absolute atomic E-state index is 0.557. The molecule has 12 rings (SSSR count). The molecule has 0 fully saturated rings. The summed E-state index contributed by atoms with van der Waals surface area (Å²) < 4.78 is 15.6. The van der Waals surface area contributed by atoms with E-state index >= 15 is 0 Å². The summed E-state index contributed by atoms with van der Waals surface area (Å²) in [5, 5.41) is 5.26. The maximum atomic E-state index is 6.67. The number of rotatable bonds is 8. The zero-order valence-electron chi connectivity index (χ0n) is 34.9. The lowest BCUT2D eigenvalue weighted by molar-refractivity contribution is 0.603. The fraction of sp³-hybridized carbons (Fsp3) is 0.0172. The number of fused-ring (bicyclic) bond motifs is 7. The van der Waals surface area contributed by atoms with Crippen molar-refractivity contribution in [1.82, 2.24) is 19.5 Å². The summed E-state index contributed by atoms with van der Waals surface area (Å²) in [6, 6.07) is 62.9. The van der Waals surface area contributed by atoms with Crippen molar-refractivity contribution in [3.8, 4) is 62.1 Å². The van der Waals surface area contributed by atoms with E-state index in [9.17, 15) is 0 Å². The first-order valence-electron chi connectivity index (χ1n) is 21.4. The summed E-state index contributed by atoms with van der Waals surface area (Å²) in [5.74, 6) is 2.46. The molecule has 8 aromatic carbocycles. The average Bonchev–Trinajstić information content (AvgIpc) is 4.03. The van der Waals surface area contributed by atoms with Gasteiger partial charge in [-0.15, -0.1) is 0 Å². The SMILES string of the molecule is C=Cc1oc2ccc(-n3c4ccccc4c4ccccc43)c(-c3ccc4oc5cccc(-c6nc(-c7ccccc7)nc(-c7cccc(-c8ccccc8)c7)n6)c5c4c3)c2c1/C=C\C. The second kappa shape index (κ2) is 15.1. The van der Waals surface area contributed by atoms with Gasteiger partial charge in [-0.05, 0) is 78.2 Å². The molecule has 4 aromatic heterocycles. The highest BCUT2D eigenvalue weighted by Crippen LogP contribution is 2.45. The van der Waals surface area contributed by atoms with Crippen LogP contribution < -0.4 is 0 Å². The molecule has 12 aromatic rings. The Morgan fingerprint density at radius 1 is 0.469 bits per heavy atom. The van der Waals surface area contributed by atoms with Gasteiger partial charge in [0.05, 0.1) is 16.7 Å². The Morgan fingerprint density at radius 2 is 1.08 bits per heavy atom. The first-order chi connectivity index (χ1) is 31.6. The van der Waals surface area contributed by atoms with Crippen LogP contribution in [-0.4, -0.2) is 19.5 Å². The van der Waals surface area contributed by atoms with E-state index in [1.54, 1.807) is 6.08 Å². The van der Waals surface area contributed by atoms with Crippen molar-refractivity contribution in [2.75, 3.05) is 0 Å².